The fraction of sp³-hybridized carbons (Fsp3) is 0.538. The van der Waals surface area contributed by atoms with Crippen LogP contribution in [0.2, 0.25) is 0 Å². The highest BCUT2D eigenvalue weighted by Crippen LogP contribution is 2.07. The van der Waals surface area contributed by atoms with Gasteiger partial charge in [-0.15, -0.1) is 0 Å². The summed E-state index contributed by atoms with van der Waals surface area (Å²) in [5.74, 6) is 0.912. The lowest BCUT2D eigenvalue weighted by Gasteiger charge is -2.23. The van der Waals surface area contributed by atoms with Gasteiger partial charge in [-0.25, -0.2) is 0 Å². The van der Waals surface area contributed by atoms with Crippen LogP contribution in [0.4, 0.5) is 0 Å². The Balaban J connectivity index is 2.09. The van der Waals surface area contributed by atoms with E-state index in [0.29, 0.717) is 6.61 Å². The van der Waals surface area contributed by atoms with Crippen molar-refractivity contribution in [2.75, 3.05) is 26.8 Å². The van der Waals surface area contributed by atoms with Crippen LogP contribution < -0.4 is 10.1 Å². The molecule has 3 nitrogen and oxygen atoms in total. The molecular formula is C13H21NO2. The predicted molar refractivity (Wildman–Crippen MR) is 65.9 cm³/mol. The van der Waals surface area contributed by atoms with E-state index in [-0.39, 0.29) is 5.60 Å². The van der Waals surface area contributed by atoms with E-state index in [1.165, 1.54) is 0 Å². The molecular weight excluding hydrogens is 202 g/mol. The number of hydrogen-bond donors (Lipinski definition) is 1. The number of rotatable bonds is 7. The molecule has 0 unspecified atom stereocenters. The molecule has 1 N–H and O–H groups in total. The van der Waals surface area contributed by atoms with Gasteiger partial charge in [-0.05, 0) is 26.0 Å². The molecule has 0 aromatic heterocycles. The van der Waals surface area contributed by atoms with E-state index in [1.807, 2.05) is 30.3 Å². The molecule has 0 amide bonds. The summed E-state index contributed by atoms with van der Waals surface area (Å²) in [7, 11) is 1.72. The van der Waals surface area contributed by atoms with Gasteiger partial charge in [0.15, 0.2) is 0 Å². The first kappa shape index (κ1) is 13.0. The van der Waals surface area contributed by atoms with Crippen LogP contribution in [0.3, 0.4) is 0 Å². The van der Waals surface area contributed by atoms with Crippen molar-refractivity contribution in [2.24, 2.45) is 0 Å². The van der Waals surface area contributed by atoms with Gasteiger partial charge < -0.3 is 14.8 Å². The van der Waals surface area contributed by atoms with Crippen molar-refractivity contribution in [2.45, 2.75) is 19.4 Å². The molecule has 0 saturated carbocycles. The maximum Gasteiger partial charge on any atom is 0.119 e. The summed E-state index contributed by atoms with van der Waals surface area (Å²) in [6, 6.07) is 9.83. The number of ether oxygens (including phenoxy) is 2. The van der Waals surface area contributed by atoms with E-state index in [9.17, 15) is 0 Å². The second kappa shape index (κ2) is 6.51. The second-order valence-corrected chi connectivity index (χ2v) is 4.30. The van der Waals surface area contributed by atoms with Gasteiger partial charge in [0.1, 0.15) is 12.4 Å². The highest BCUT2D eigenvalue weighted by Gasteiger charge is 2.14. The molecule has 0 bridgehead atoms. The zero-order valence-electron chi connectivity index (χ0n) is 10.3. The Morgan fingerprint density at radius 3 is 2.50 bits per heavy atom. The van der Waals surface area contributed by atoms with Gasteiger partial charge in [-0.1, -0.05) is 18.2 Å². The van der Waals surface area contributed by atoms with E-state index in [4.69, 9.17) is 9.47 Å². The molecule has 1 aromatic carbocycles. The number of methoxy groups -OCH3 is 1. The maximum atomic E-state index is 5.55. The zero-order chi connectivity index (χ0) is 11.9. The van der Waals surface area contributed by atoms with E-state index in [0.717, 1.165) is 18.8 Å². The highest BCUT2D eigenvalue weighted by molar-refractivity contribution is 5.20. The molecule has 1 aromatic rings. The van der Waals surface area contributed by atoms with Gasteiger partial charge in [-0.3, -0.25) is 0 Å². The summed E-state index contributed by atoms with van der Waals surface area (Å²) in [6.07, 6.45) is 0. The van der Waals surface area contributed by atoms with Gasteiger partial charge in [-0.2, -0.15) is 0 Å². The normalized spacial score (nSPS) is 11.4. The third-order valence-electron chi connectivity index (χ3n) is 2.39. The van der Waals surface area contributed by atoms with Gasteiger partial charge >= 0.3 is 0 Å². The monoisotopic (exact) mass is 223 g/mol. The minimum absolute atomic E-state index is 0.118. The third-order valence-corrected chi connectivity index (χ3v) is 2.39. The fourth-order valence-electron chi connectivity index (χ4n) is 1.22. The van der Waals surface area contributed by atoms with Gasteiger partial charge in [0.05, 0.1) is 5.60 Å². The van der Waals surface area contributed by atoms with Crippen LogP contribution in [0, 0.1) is 0 Å². The molecule has 0 saturated heterocycles. The Labute approximate surface area is 97.8 Å². The van der Waals surface area contributed by atoms with Crippen LogP contribution in [0.25, 0.3) is 0 Å². The molecule has 0 spiro atoms. The standard InChI is InChI=1S/C13H21NO2/c1-13(2,15-3)11-14-9-10-16-12-7-5-4-6-8-12/h4-8,14H,9-11H2,1-3H3. The fourth-order valence-corrected chi connectivity index (χ4v) is 1.22. The van der Waals surface area contributed by atoms with E-state index >= 15 is 0 Å². The minimum atomic E-state index is -0.118. The molecule has 90 valence electrons. The second-order valence-electron chi connectivity index (χ2n) is 4.30. The molecule has 3 heteroatoms. The van der Waals surface area contributed by atoms with Crippen molar-refractivity contribution >= 4 is 0 Å². The summed E-state index contributed by atoms with van der Waals surface area (Å²) < 4.78 is 10.9. The molecule has 0 fully saturated rings. The average molecular weight is 223 g/mol. The minimum Gasteiger partial charge on any atom is -0.492 e. The molecule has 0 aliphatic heterocycles. The van der Waals surface area contributed by atoms with Crippen LogP contribution in [0.1, 0.15) is 13.8 Å². The first-order valence-corrected chi connectivity index (χ1v) is 5.58. The summed E-state index contributed by atoms with van der Waals surface area (Å²) in [4.78, 5) is 0. The molecule has 0 heterocycles. The summed E-state index contributed by atoms with van der Waals surface area (Å²) in [5.41, 5.74) is -0.118. The Morgan fingerprint density at radius 1 is 1.19 bits per heavy atom. The zero-order valence-corrected chi connectivity index (χ0v) is 10.3. The summed E-state index contributed by atoms with van der Waals surface area (Å²) in [5, 5.41) is 3.30. The lowest BCUT2D eigenvalue weighted by molar-refractivity contribution is 0.0229. The van der Waals surface area contributed by atoms with Crippen molar-refractivity contribution in [3.8, 4) is 5.75 Å². The van der Waals surface area contributed by atoms with Gasteiger partial charge in [0.2, 0.25) is 0 Å². The van der Waals surface area contributed by atoms with Crippen LogP contribution in [-0.4, -0.2) is 32.4 Å². The summed E-state index contributed by atoms with van der Waals surface area (Å²) in [6.45, 7) is 6.42. The predicted octanol–water partition coefficient (Wildman–Crippen LogP) is 2.08. The van der Waals surface area contributed by atoms with Gasteiger partial charge in [0.25, 0.3) is 0 Å². The van der Waals surface area contributed by atoms with Crippen molar-refractivity contribution in [1.82, 2.24) is 5.32 Å². The molecule has 1 rings (SSSR count). The van der Waals surface area contributed by atoms with Crippen molar-refractivity contribution in [3.63, 3.8) is 0 Å². The number of benzene rings is 1. The highest BCUT2D eigenvalue weighted by atomic mass is 16.5. The molecule has 0 radical (unpaired) electrons. The topological polar surface area (TPSA) is 30.5 Å². The van der Waals surface area contributed by atoms with Crippen LogP contribution in [0.5, 0.6) is 5.75 Å². The van der Waals surface area contributed by atoms with E-state index < -0.39 is 0 Å². The van der Waals surface area contributed by atoms with Crippen molar-refractivity contribution in [3.05, 3.63) is 30.3 Å². The van der Waals surface area contributed by atoms with Crippen LogP contribution >= 0.6 is 0 Å². The number of nitrogens with one attached hydrogen (secondary N) is 1. The lowest BCUT2D eigenvalue weighted by Crippen LogP contribution is -2.38. The Hall–Kier alpha value is -1.06. The molecule has 16 heavy (non-hydrogen) atoms. The molecule has 0 atom stereocenters. The third kappa shape index (κ3) is 5.14. The Kier molecular flexibility index (Phi) is 5.29. The van der Waals surface area contributed by atoms with Crippen LogP contribution in [0.15, 0.2) is 30.3 Å². The first-order chi connectivity index (χ1) is 7.64. The smallest absolute Gasteiger partial charge is 0.119 e. The molecule has 0 aliphatic rings. The van der Waals surface area contributed by atoms with E-state index in [2.05, 4.69) is 19.2 Å². The Morgan fingerprint density at radius 2 is 1.88 bits per heavy atom. The number of para-hydroxylation sites is 1. The summed E-state index contributed by atoms with van der Waals surface area (Å²) >= 11 is 0. The maximum absolute atomic E-state index is 5.55. The van der Waals surface area contributed by atoms with Gasteiger partial charge in [0, 0.05) is 20.2 Å². The number of hydrogen-bond acceptors (Lipinski definition) is 3. The average Bonchev–Trinajstić information content (AvgIpc) is 2.30. The first-order valence-electron chi connectivity index (χ1n) is 5.58. The van der Waals surface area contributed by atoms with Crippen molar-refractivity contribution in [1.29, 1.82) is 0 Å². The lowest BCUT2D eigenvalue weighted by atomic mass is 10.1. The Bertz CT molecular complexity index is 285. The largest absolute Gasteiger partial charge is 0.492 e. The molecule has 0 aliphatic carbocycles. The SMILES string of the molecule is COC(C)(C)CNCCOc1ccccc1. The van der Waals surface area contributed by atoms with Crippen LogP contribution in [-0.2, 0) is 4.74 Å². The van der Waals surface area contributed by atoms with E-state index in [1.54, 1.807) is 7.11 Å². The quantitative estimate of drug-likeness (QED) is 0.718. The van der Waals surface area contributed by atoms with Crippen molar-refractivity contribution < 1.29 is 9.47 Å².